The third-order valence-corrected chi connectivity index (χ3v) is 6.14. The topological polar surface area (TPSA) is 92.0 Å². The molecule has 8 nitrogen and oxygen atoms in total. The van der Waals surface area contributed by atoms with Crippen molar-refractivity contribution in [3.05, 3.63) is 85.7 Å². The van der Waals surface area contributed by atoms with Crippen LogP contribution >= 0.6 is 22.6 Å². The fourth-order valence-electron chi connectivity index (χ4n) is 3.52. The van der Waals surface area contributed by atoms with Crippen LogP contribution in [0.3, 0.4) is 0 Å². The number of halogens is 4. The SMILES string of the molecule is COC(=O)COc1c(I)cc(C=Nn2c(-c3cccc(C(F)(F)F)c3)nc3ccccc3c2=O)cc1OC. The second-order valence-electron chi connectivity index (χ2n) is 7.79. The average Bonchev–Trinajstić information content (AvgIpc) is 2.91. The van der Waals surface area contributed by atoms with E-state index in [0.29, 0.717) is 26.1 Å². The van der Waals surface area contributed by atoms with Gasteiger partial charge < -0.3 is 14.2 Å². The van der Waals surface area contributed by atoms with Crippen molar-refractivity contribution in [3.8, 4) is 22.9 Å². The molecule has 38 heavy (non-hydrogen) atoms. The number of alkyl halides is 3. The number of esters is 1. The van der Waals surface area contributed by atoms with Gasteiger partial charge in [0.1, 0.15) is 0 Å². The van der Waals surface area contributed by atoms with Gasteiger partial charge in [0.2, 0.25) is 0 Å². The molecule has 196 valence electrons. The van der Waals surface area contributed by atoms with E-state index in [2.05, 4.69) is 14.8 Å². The van der Waals surface area contributed by atoms with Crippen LogP contribution in [0.5, 0.6) is 11.5 Å². The molecule has 12 heteroatoms. The lowest BCUT2D eigenvalue weighted by Crippen LogP contribution is -2.20. The van der Waals surface area contributed by atoms with E-state index in [9.17, 15) is 22.8 Å². The third-order valence-electron chi connectivity index (χ3n) is 5.34. The van der Waals surface area contributed by atoms with Gasteiger partial charge in [-0.2, -0.15) is 22.9 Å². The Labute approximate surface area is 227 Å². The summed E-state index contributed by atoms with van der Waals surface area (Å²) in [7, 11) is 2.66. The molecule has 0 aliphatic carbocycles. The van der Waals surface area contributed by atoms with Crippen LogP contribution in [-0.2, 0) is 15.7 Å². The van der Waals surface area contributed by atoms with Crippen molar-refractivity contribution >= 4 is 45.7 Å². The van der Waals surface area contributed by atoms with E-state index in [1.807, 2.05) is 22.6 Å². The fraction of sp³-hybridized carbons (Fsp3) is 0.154. The maximum Gasteiger partial charge on any atom is 0.416 e. The number of carbonyl (C=O) groups is 1. The molecule has 1 aromatic heterocycles. The summed E-state index contributed by atoms with van der Waals surface area (Å²) in [5.41, 5.74) is -0.557. The van der Waals surface area contributed by atoms with Crippen molar-refractivity contribution in [2.24, 2.45) is 5.10 Å². The van der Waals surface area contributed by atoms with Gasteiger partial charge in [-0.15, -0.1) is 0 Å². The van der Waals surface area contributed by atoms with Gasteiger partial charge in [0.05, 0.1) is 40.5 Å². The Morgan fingerprint density at radius 2 is 1.87 bits per heavy atom. The lowest BCUT2D eigenvalue weighted by atomic mass is 10.1. The molecule has 0 saturated heterocycles. The molecule has 0 unspecified atom stereocenters. The van der Waals surface area contributed by atoms with Crippen LogP contribution in [0, 0.1) is 3.57 Å². The van der Waals surface area contributed by atoms with Crippen LogP contribution in [-0.4, -0.2) is 42.7 Å². The highest BCUT2D eigenvalue weighted by atomic mass is 127. The van der Waals surface area contributed by atoms with Crippen LogP contribution in [0.25, 0.3) is 22.3 Å². The number of hydrogen-bond acceptors (Lipinski definition) is 7. The van der Waals surface area contributed by atoms with Crippen molar-refractivity contribution in [1.29, 1.82) is 0 Å². The molecule has 0 N–H and O–H groups in total. The first-order valence-electron chi connectivity index (χ1n) is 10.9. The van der Waals surface area contributed by atoms with E-state index in [1.165, 1.54) is 32.6 Å². The summed E-state index contributed by atoms with van der Waals surface area (Å²) in [5, 5.41) is 4.54. The lowest BCUT2D eigenvalue weighted by molar-refractivity contribution is -0.143. The highest BCUT2D eigenvalue weighted by Gasteiger charge is 2.31. The van der Waals surface area contributed by atoms with Crippen molar-refractivity contribution in [3.63, 3.8) is 0 Å². The Kier molecular flexibility index (Phi) is 7.99. The molecule has 0 aliphatic heterocycles. The number of ether oxygens (including phenoxy) is 3. The molecule has 0 saturated carbocycles. The molecule has 0 amide bonds. The number of hydrogen-bond donors (Lipinski definition) is 0. The van der Waals surface area contributed by atoms with Crippen LogP contribution in [0.15, 0.2) is 70.6 Å². The van der Waals surface area contributed by atoms with Gasteiger partial charge in [0, 0.05) is 5.56 Å². The van der Waals surface area contributed by atoms with E-state index >= 15 is 0 Å². The quantitative estimate of drug-likeness (QED) is 0.159. The van der Waals surface area contributed by atoms with Gasteiger partial charge in [0.25, 0.3) is 5.56 Å². The summed E-state index contributed by atoms with van der Waals surface area (Å²) >= 11 is 1.99. The Bertz CT molecular complexity index is 1600. The Hall–Kier alpha value is -3.94. The molecular weight excluding hydrogens is 618 g/mol. The second-order valence-corrected chi connectivity index (χ2v) is 8.95. The van der Waals surface area contributed by atoms with Gasteiger partial charge in [-0.3, -0.25) is 4.79 Å². The zero-order valence-electron chi connectivity index (χ0n) is 20.0. The molecule has 0 radical (unpaired) electrons. The van der Waals surface area contributed by atoms with Crippen LogP contribution in [0.4, 0.5) is 13.2 Å². The summed E-state index contributed by atoms with van der Waals surface area (Å²) in [6.07, 6.45) is -3.23. The number of para-hydroxylation sites is 1. The van der Waals surface area contributed by atoms with Crippen molar-refractivity contribution in [2.45, 2.75) is 6.18 Å². The molecule has 0 spiro atoms. The predicted molar refractivity (Wildman–Crippen MR) is 143 cm³/mol. The molecule has 3 aromatic carbocycles. The number of methoxy groups -OCH3 is 2. The Morgan fingerprint density at radius 3 is 2.58 bits per heavy atom. The zero-order valence-corrected chi connectivity index (χ0v) is 22.1. The van der Waals surface area contributed by atoms with Crippen LogP contribution in [0.1, 0.15) is 11.1 Å². The normalized spacial score (nSPS) is 11.6. The van der Waals surface area contributed by atoms with E-state index < -0.39 is 23.3 Å². The van der Waals surface area contributed by atoms with E-state index in [-0.39, 0.29) is 23.4 Å². The van der Waals surface area contributed by atoms with E-state index in [1.54, 1.807) is 36.4 Å². The minimum atomic E-state index is -4.58. The summed E-state index contributed by atoms with van der Waals surface area (Å²) in [5.74, 6) is -0.0243. The summed E-state index contributed by atoms with van der Waals surface area (Å²) in [6.45, 7) is -0.325. The standard InChI is InChI=1S/C26H19F3IN3O5/c1-36-21-11-15(10-19(30)23(21)38-14-22(34)37-2)13-31-33-24(16-6-5-7-17(12-16)26(27,28)29)32-20-9-4-3-8-18(20)25(33)35/h3-13H,14H2,1-2H3. The van der Waals surface area contributed by atoms with Crippen molar-refractivity contribution in [1.82, 2.24) is 9.66 Å². The first-order valence-corrected chi connectivity index (χ1v) is 12.0. The monoisotopic (exact) mass is 637 g/mol. The molecule has 0 aliphatic rings. The average molecular weight is 637 g/mol. The first kappa shape index (κ1) is 27.1. The molecule has 0 fully saturated rings. The fourth-order valence-corrected chi connectivity index (χ4v) is 4.30. The van der Waals surface area contributed by atoms with Crippen molar-refractivity contribution in [2.75, 3.05) is 20.8 Å². The molecule has 0 atom stereocenters. The van der Waals surface area contributed by atoms with Crippen LogP contribution in [0.2, 0.25) is 0 Å². The maximum absolute atomic E-state index is 13.4. The number of benzene rings is 3. The first-order chi connectivity index (χ1) is 18.1. The minimum absolute atomic E-state index is 0.0595. The van der Waals surface area contributed by atoms with E-state index in [0.717, 1.165) is 16.8 Å². The summed E-state index contributed by atoms with van der Waals surface area (Å²) in [4.78, 5) is 29.3. The summed E-state index contributed by atoms with van der Waals surface area (Å²) in [6, 6.07) is 14.3. The zero-order chi connectivity index (χ0) is 27.4. The molecular formula is C26H19F3IN3O5. The second kappa shape index (κ2) is 11.2. The van der Waals surface area contributed by atoms with Crippen molar-refractivity contribution < 1.29 is 32.2 Å². The number of fused-ring (bicyclic) bond motifs is 1. The lowest BCUT2D eigenvalue weighted by Gasteiger charge is -2.13. The third kappa shape index (κ3) is 5.79. The number of carbonyl (C=O) groups excluding carboxylic acids is 1. The predicted octanol–water partition coefficient (Wildman–Crippen LogP) is 5.13. The molecule has 4 aromatic rings. The van der Waals surface area contributed by atoms with Gasteiger partial charge in [0.15, 0.2) is 23.9 Å². The van der Waals surface area contributed by atoms with Gasteiger partial charge in [-0.1, -0.05) is 24.3 Å². The Morgan fingerprint density at radius 1 is 1.11 bits per heavy atom. The van der Waals surface area contributed by atoms with Crippen LogP contribution < -0.4 is 15.0 Å². The van der Waals surface area contributed by atoms with Gasteiger partial charge in [-0.05, 0) is 64.6 Å². The largest absolute Gasteiger partial charge is 0.493 e. The maximum atomic E-state index is 13.4. The number of aromatic nitrogens is 2. The molecule has 1 heterocycles. The number of rotatable bonds is 7. The summed E-state index contributed by atoms with van der Waals surface area (Å²) < 4.78 is 57.1. The van der Waals surface area contributed by atoms with Gasteiger partial charge in [-0.25, -0.2) is 9.78 Å². The molecule has 4 rings (SSSR count). The highest BCUT2D eigenvalue weighted by Crippen LogP contribution is 2.34. The van der Waals surface area contributed by atoms with E-state index in [4.69, 9.17) is 9.47 Å². The smallest absolute Gasteiger partial charge is 0.416 e. The molecule has 0 bridgehead atoms. The number of nitrogens with zero attached hydrogens (tertiary/aromatic N) is 3. The van der Waals surface area contributed by atoms with Gasteiger partial charge >= 0.3 is 12.1 Å². The highest BCUT2D eigenvalue weighted by molar-refractivity contribution is 14.1. The Balaban J connectivity index is 1.82. The minimum Gasteiger partial charge on any atom is -0.493 e.